The minimum atomic E-state index is -0.241. The Morgan fingerprint density at radius 3 is 2.83 bits per heavy atom. The second-order valence-electron chi connectivity index (χ2n) is 5.26. The van der Waals surface area contributed by atoms with E-state index in [1.165, 1.54) is 0 Å². The summed E-state index contributed by atoms with van der Waals surface area (Å²) >= 11 is 0. The maximum absolute atomic E-state index is 12.3. The first-order valence-electron chi connectivity index (χ1n) is 7.40. The minimum absolute atomic E-state index is 0.0883. The quantitative estimate of drug-likeness (QED) is 0.784. The summed E-state index contributed by atoms with van der Waals surface area (Å²) in [6, 6.07) is 12.9. The number of pyridine rings is 1. The second kappa shape index (κ2) is 6.48. The maximum atomic E-state index is 12.3. The second-order valence-corrected chi connectivity index (χ2v) is 5.26. The van der Waals surface area contributed by atoms with E-state index in [4.69, 9.17) is 4.74 Å². The van der Waals surface area contributed by atoms with E-state index in [9.17, 15) is 4.79 Å². The monoisotopic (exact) mass is 310 g/mol. The zero-order chi connectivity index (χ0) is 16.2. The number of carbonyl (C=O) groups excluding carboxylic acids is 1. The first kappa shape index (κ1) is 15.0. The lowest BCUT2D eigenvalue weighted by molar-refractivity contribution is -0.121. The van der Waals surface area contributed by atoms with Crippen LogP contribution in [0.15, 0.2) is 48.7 Å². The summed E-state index contributed by atoms with van der Waals surface area (Å²) in [5.41, 5.74) is 1.61. The highest BCUT2D eigenvalue weighted by Gasteiger charge is 2.16. The zero-order valence-electron chi connectivity index (χ0n) is 13.1. The third kappa shape index (κ3) is 3.15. The van der Waals surface area contributed by atoms with Gasteiger partial charge in [-0.2, -0.15) is 0 Å². The number of para-hydroxylation sites is 1. The van der Waals surface area contributed by atoms with Crippen molar-refractivity contribution in [1.29, 1.82) is 0 Å². The molecule has 3 rings (SSSR count). The van der Waals surface area contributed by atoms with Crippen LogP contribution in [0.25, 0.3) is 5.65 Å². The average molecular weight is 310 g/mol. The molecule has 0 saturated carbocycles. The van der Waals surface area contributed by atoms with Gasteiger partial charge in [-0.1, -0.05) is 24.3 Å². The van der Waals surface area contributed by atoms with Crippen LogP contribution in [0.5, 0.6) is 5.75 Å². The fourth-order valence-corrected chi connectivity index (χ4v) is 2.53. The highest BCUT2D eigenvalue weighted by molar-refractivity contribution is 5.79. The molecule has 2 heterocycles. The number of ether oxygens (including phenoxy) is 1. The summed E-state index contributed by atoms with van der Waals surface area (Å²) in [4.78, 5) is 12.3. The summed E-state index contributed by atoms with van der Waals surface area (Å²) in [6.45, 7) is 1.89. The van der Waals surface area contributed by atoms with Crippen molar-refractivity contribution in [1.82, 2.24) is 19.9 Å². The van der Waals surface area contributed by atoms with Gasteiger partial charge in [-0.05, 0) is 25.1 Å². The van der Waals surface area contributed by atoms with Crippen molar-refractivity contribution in [2.75, 3.05) is 7.11 Å². The van der Waals surface area contributed by atoms with Crippen molar-refractivity contribution in [3.63, 3.8) is 0 Å². The molecule has 2 aromatic heterocycles. The molecule has 23 heavy (non-hydrogen) atoms. The molecule has 118 valence electrons. The lowest BCUT2D eigenvalue weighted by Crippen LogP contribution is -2.29. The van der Waals surface area contributed by atoms with Crippen molar-refractivity contribution in [2.45, 2.75) is 19.4 Å². The van der Waals surface area contributed by atoms with Crippen molar-refractivity contribution in [3.05, 3.63) is 60.0 Å². The van der Waals surface area contributed by atoms with Crippen molar-refractivity contribution >= 4 is 11.6 Å². The Kier molecular flexibility index (Phi) is 4.23. The van der Waals surface area contributed by atoms with Gasteiger partial charge in [-0.3, -0.25) is 9.20 Å². The third-order valence-electron chi connectivity index (χ3n) is 3.65. The van der Waals surface area contributed by atoms with E-state index < -0.39 is 0 Å². The molecule has 1 N–H and O–H groups in total. The van der Waals surface area contributed by atoms with Gasteiger partial charge in [-0.15, -0.1) is 10.2 Å². The molecule has 6 heteroatoms. The van der Waals surface area contributed by atoms with E-state index >= 15 is 0 Å². The largest absolute Gasteiger partial charge is 0.496 e. The lowest BCUT2D eigenvalue weighted by Gasteiger charge is -2.13. The van der Waals surface area contributed by atoms with Crippen LogP contribution < -0.4 is 10.1 Å². The van der Waals surface area contributed by atoms with Crippen LogP contribution in [0.2, 0.25) is 0 Å². The van der Waals surface area contributed by atoms with Gasteiger partial charge < -0.3 is 10.1 Å². The fraction of sp³-hybridized carbons (Fsp3) is 0.235. The van der Waals surface area contributed by atoms with E-state index in [-0.39, 0.29) is 18.4 Å². The average Bonchev–Trinajstić information content (AvgIpc) is 2.99. The first-order chi connectivity index (χ1) is 11.2. The van der Waals surface area contributed by atoms with Gasteiger partial charge in [0.25, 0.3) is 0 Å². The molecule has 0 aliphatic rings. The molecule has 0 bridgehead atoms. The molecule has 0 saturated heterocycles. The smallest absolute Gasteiger partial charge is 0.225 e. The summed E-state index contributed by atoms with van der Waals surface area (Å²) in [7, 11) is 1.60. The van der Waals surface area contributed by atoms with Crippen LogP contribution in [0.3, 0.4) is 0 Å². The molecule has 0 spiro atoms. The number of nitrogens with zero attached hydrogens (tertiary/aromatic N) is 3. The molecule has 0 fully saturated rings. The predicted molar refractivity (Wildman–Crippen MR) is 86.2 cm³/mol. The van der Waals surface area contributed by atoms with E-state index in [1.54, 1.807) is 7.11 Å². The fourth-order valence-electron chi connectivity index (χ4n) is 2.53. The number of nitrogens with one attached hydrogen (secondary N) is 1. The Morgan fingerprint density at radius 1 is 1.22 bits per heavy atom. The topological polar surface area (TPSA) is 68.5 Å². The Bertz CT molecular complexity index is 828. The normalized spacial score (nSPS) is 12.1. The lowest BCUT2D eigenvalue weighted by atomic mass is 10.1. The van der Waals surface area contributed by atoms with Crippen LogP contribution >= 0.6 is 0 Å². The SMILES string of the molecule is COc1ccccc1CC(=O)NC(C)c1nnc2ccccn12. The van der Waals surface area contributed by atoms with Gasteiger partial charge in [0.05, 0.1) is 19.6 Å². The molecule has 1 unspecified atom stereocenters. The summed E-state index contributed by atoms with van der Waals surface area (Å²) in [6.07, 6.45) is 2.14. The van der Waals surface area contributed by atoms with Crippen molar-refractivity contribution in [3.8, 4) is 5.75 Å². The number of benzene rings is 1. The molecule has 1 atom stereocenters. The van der Waals surface area contributed by atoms with Gasteiger partial charge in [0.15, 0.2) is 11.5 Å². The Morgan fingerprint density at radius 2 is 2.00 bits per heavy atom. The molecular weight excluding hydrogens is 292 g/mol. The van der Waals surface area contributed by atoms with Crippen LogP contribution in [-0.4, -0.2) is 27.6 Å². The van der Waals surface area contributed by atoms with E-state index in [0.717, 1.165) is 11.2 Å². The third-order valence-corrected chi connectivity index (χ3v) is 3.65. The summed E-state index contributed by atoms with van der Waals surface area (Å²) in [5.74, 6) is 1.33. The summed E-state index contributed by atoms with van der Waals surface area (Å²) < 4.78 is 7.14. The molecule has 0 radical (unpaired) electrons. The van der Waals surface area contributed by atoms with Crippen LogP contribution in [0.4, 0.5) is 0 Å². The Balaban J connectivity index is 1.72. The Hall–Kier alpha value is -2.89. The van der Waals surface area contributed by atoms with Gasteiger partial charge in [0.1, 0.15) is 5.75 Å². The maximum Gasteiger partial charge on any atom is 0.225 e. The van der Waals surface area contributed by atoms with E-state index in [0.29, 0.717) is 11.6 Å². The molecule has 0 aliphatic heterocycles. The zero-order valence-corrected chi connectivity index (χ0v) is 13.1. The highest BCUT2D eigenvalue weighted by Crippen LogP contribution is 2.18. The standard InChI is InChI=1S/C17H18N4O2/c1-12(17-20-19-15-9-5-6-10-21(15)17)18-16(22)11-13-7-3-4-8-14(13)23-2/h3-10,12H,11H2,1-2H3,(H,18,22). The number of aromatic nitrogens is 3. The minimum Gasteiger partial charge on any atom is -0.496 e. The van der Waals surface area contributed by atoms with Gasteiger partial charge in [0.2, 0.25) is 5.91 Å². The van der Waals surface area contributed by atoms with Crippen molar-refractivity contribution < 1.29 is 9.53 Å². The number of fused-ring (bicyclic) bond motifs is 1. The van der Waals surface area contributed by atoms with Gasteiger partial charge in [-0.25, -0.2) is 0 Å². The Labute approximate surface area is 134 Å². The number of hydrogen-bond donors (Lipinski definition) is 1. The number of hydrogen-bond acceptors (Lipinski definition) is 4. The molecule has 0 aliphatic carbocycles. The van der Waals surface area contributed by atoms with Gasteiger partial charge in [0, 0.05) is 11.8 Å². The number of methoxy groups -OCH3 is 1. The molecule has 6 nitrogen and oxygen atoms in total. The number of rotatable bonds is 5. The predicted octanol–water partition coefficient (Wildman–Crippen LogP) is 2.16. The van der Waals surface area contributed by atoms with Crippen LogP contribution in [0, 0.1) is 0 Å². The van der Waals surface area contributed by atoms with Crippen LogP contribution in [0.1, 0.15) is 24.4 Å². The number of amides is 1. The van der Waals surface area contributed by atoms with Crippen molar-refractivity contribution in [2.24, 2.45) is 0 Å². The molecular formula is C17H18N4O2. The van der Waals surface area contributed by atoms with Crippen LogP contribution in [-0.2, 0) is 11.2 Å². The van der Waals surface area contributed by atoms with E-state index in [2.05, 4.69) is 15.5 Å². The number of carbonyl (C=O) groups is 1. The molecule has 3 aromatic rings. The van der Waals surface area contributed by atoms with E-state index in [1.807, 2.05) is 60.0 Å². The van der Waals surface area contributed by atoms with Gasteiger partial charge >= 0.3 is 0 Å². The first-order valence-corrected chi connectivity index (χ1v) is 7.40. The molecule has 1 aromatic carbocycles. The molecule has 1 amide bonds. The highest BCUT2D eigenvalue weighted by atomic mass is 16.5. The summed E-state index contributed by atoms with van der Waals surface area (Å²) in [5, 5.41) is 11.2.